The number of amides is 1. The maximum Gasteiger partial charge on any atom is 0.226 e. The van der Waals surface area contributed by atoms with Crippen molar-refractivity contribution in [1.29, 1.82) is 0 Å². The molecule has 3 atom stereocenters. The Balaban J connectivity index is 2.03. The maximum atomic E-state index is 12.3. The number of hydrogen-bond acceptors (Lipinski definition) is 2. The van der Waals surface area contributed by atoms with Gasteiger partial charge in [-0.25, -0.2) is 0 Å². The fraction of sp³-hybridized carbons (Fsp3) is 0.857. The predicted octanol–water partition coefficient (Wildman–Crippen LogP) is 2.39. The quantitative estimate of drug-likeness (QED) is 0.756. The lowest BCUT2D eigenvalue weighted by atomic mass is 10.0. The van der Waals surface area contributed by atoms with E-state index in [0.29, 0.717) is 18.2 Å². The van der Waals surface area contributed by atoms with E-state index in [0.717, 1.165) is 32.2 Å². The van der Waals surface area contributed by atoms with Gasteiger partial charge in [-0.2, -0.15) is 0 Å². The van der Waals surface area contributed by atoms with Gasteiger partial charge in [-0.05, 0) is 32.1 Å². The van der Waals surface area contributed by atoms with Crippen LogP contribution in [0.2, 0.25) is 0 Å². The number of nitrogens with zero attached hydrogens (tertiary/aromatic N) is 1. The zero-order valence-corrected chi connectivity index (χ0v) is 10.9. The molecule has 3 unspecified atom stereocenters. The second-order valence-corrected chi connectivity index (χ2v) is 5.76. The molecule has 2 fully saturated rings. The Labute approximate surface area is 104 Å². The van der Waals surface area contributed by atoms with Gasteiger partial charge in [0.05, 0.1) is 0 Å². The molecule has 96 valence electrons. The van der Waals surface area contributed by atoms with Gasteiger partial charge >= 0.3 is 0 Å². The molecule has 1 amide bonds. The summed E-state index contributed by atoms with van der Waals surface area (Å²) >= 11 is 0. The molecule has 0 bridgehead atoms. The molecule has 1 aliphatic carbocycles. The Morgan fingerprint density at radius 2 is 1.94 bits per heavy atom. The van der Waals surface area contributed by atoms with Crippen LogP contribution in [0.5, 0.6) is 0 Å². The van der Waals surface area contributed by atoms with Crippen LogP contribution in [0.15, 0.2) is 0 Å². The van der Waals surface area contributed by atoms with Crippen molar-refractivity contribution in [2.45, 2.75) is 58.4 Å². The summed E-state index contributed by atoms with van der Waals surface area (Å²) in [6, 6.07) is 0.176. The molecule has 3 heteroatoms. The Hall–Kier alpha value is -0.860. The largest absolute Gasteiger partial charge is 0.339 e. The van der Waals surface area contributed by atoms with Gasteiger partial charge in [-0.1, -0.05) is 19.8 Å². The normalized spacial score (nSPS) is 33.1. The van der Waals surface area contributed by atoms with E-state index in [2.05, 4.69) is 6.92 Å². The van der Waals surface area contributed by atoms with E-state index >= 15 is 0 Å². The number of ketones is 1. The first-order valence-electron chi connectivity index (χ1n) is 6.89. The second-order valence-electron chi connectivity index (χ2n) is 5.76. The average molecular weight is 237 g/mol. The zero-order chi connectivity index (χ0) is 12.4. The molecule has 0 spiro atoms. The summed E-state index contributed by atoms with van der Waals surface area (Å²) in [6.07, 6.45) is 6.04. The van der Waals surface area contributed by atoms with Gasteiger partial charge in [-0.15, -0.1) is 0 Å². The minimum atomic E-state index is 0.176. The summed E-state index contributed by atoms with van der Waals surface area (Å²) in [4.78, 5) is 25.7. The molecule has 17 heavy (non-hydrogen) atoms. The number of carbonyl (C=O) groups excluding carboxylic acids is 2. The molecule has 0 N–H and O–H groups in total. The standard InChI is InChI=1S/C14H23NO2/c1-10-8-13(10)14(17)15-7-5-3-4-6-12(15)9-11(2)16/h10,12-13H,3-9H2,1-2H3. The molecule has 0 radical (unpaired) electrons. The fourth-order valence-corrected chi connectivity index (χ4v) is 2.89. The minimum Gasteiger partial charge on any atom is -0.339 e. The van der Waals surface area contributed by atoms with Gasteiger partial charge < -0.3 is 4.90 Å². The molecule has 3 nitrogen and oxygen atoms in total. The zero-order valence-electron chi connectivity index (χ0n) is 10.9. The molecule has 1 heterocycles. The highest BCUT2D eigenvalue weighted by Crippen LogP contribution is 2.40. The highest BCUT2D eigenvalue weighted by Gasteiger charge is 2.43. The van der Waals surface area contributed by atoms with Crippen molar-refractivity contribution in [3.05, 3.63) is 0 Å². The van der Waals surface area contributed by atoms with Crippen LogP contribution in [-0.2, 0) is 9.59 Å². The van der Waals surface area contributed by atoms with Crippen molar-refractivity contribution in [3.8, 4) is 0 Å². The first-order chi connectivity index (χ1) is 8.09. The highest BCUT2D eigenvalue weighted by molar-refractivity contribution is 5.83. The number of carbonyl (C=O) groups is 2. The highest BCUT2D eigenvalue weighted by atomic mass is 16.2. The Morgan fingerprint density at radius 1 is 1.24 bits per heavy atom. The lowest BCUT2D eigenvalue weighted by molar-refractivity contribution is -0.135. The first-order valence-corrected chi connectivity index (χ1v) is 6.89. The van der Waals surface area contributed by atoms with Crippen LogP contribution < -0.4 is 0 Å². The lowest BCUT2D eigenvalue weighted by Gasteiger charge is -2.29. The maximum absolute atomic E-state index is 12.3. The summed E-state index contributed by atoms with van der Waals surface area (Å²) in [6.45, 7) is 4.63. The van der Waals surface area contributed by atoms with Crippen LogP contribution in [0.3, 0.4) is 0 Å². The Kier molecular flexibility index (Phi) is 3.85. The van der Waals surface area contributed by atoms with E-state index in [1.165, 1.54) is 6.42 Å². The minimum absolute atomic E-state index is 0.176. The first kappa shape index (κ1) is 12.6. The lowest BCUT2D eigenvalue weighted by Crippen LogP contribution is -2.42. The molecule has 2 aliphatic rings. The van der Waals surface area contributed by atoms with Gasteiger partial charge in [0.25, 0.3) is 0 Å². The topological polar surface area (TPSA) is 37.4 Å². The molecule has 1 saturated carbocycles. The van der Waals surface area contributed by atoms with Crippen LogP contribution in [0.25, 0.3) is 0 Å². The Morgan fingerprint density at radius 3 is 2.53 bits per heavy atom. The van der Waals surface area contributed by atoms with Crippen LogP contribution in [0, 0.1) is 11.8 Å². The predicted molar refractivity (Wildman–Crippen MR) is 66.5 cm³/mol. The number of likely N-dealkylation sites (tertiary alicyclic amines) is 1. The fourth-order valence-electron chi connectivity index (χ4n) is 2.89. The number of hydrogen-bond donors (Lipinski definition) is 0. The SMILES string of the molecule is CC(=O)CC1CCCCCN1C(=O)C1CC1C. The van der Waals surface area contributed by atoms with Crippen LogP contribution in [-0.4, -0.2) is 29.2 Å². The van der Waals surface area contributed by atoms with Gasteiger partial charge in [0.15, 0.2) is 0 Å². The van der Waals surface area contributed by atoms with Crippen molar-refractivity contribution in [2.75, 3.05) is 6.54 Å². The Bertz CT molecular complexity index is 313. The summed E-state index contributed by atoms with van der Waals surface area (Å²) in [7, 11) is 0. The van der Waals surface area contributed by atoms with Crippen LogP contribution >= 0.6 is 0 Å². The summed E-state index contributed by atoms with van der Waals surface area (Å²) in [5.74, 6) is 1.33. The monoisotopic (exact) mass is 237 g/mol. The van der Waals surface area contributed by atoms with Crippen molar-refractivity contribution in [1.82, 2.24) is 4.90 Å². The summed E-state index contributed by atoms with van der Waals surface area (Å²) in [5, 5.41) is 0. The van der Waals surface area contributed by atoms with Crippen molar-refractivity contribution >= 4 is 11.7 Å². The number of Topliss-reactive ketones (excluding diaryl/α,β-unsaturated/α-hetero) is 1. The van der Waals surface area contributed by atoms with Crippen molar-refractivity contribution in [2.24, 2.45) is 11.8 Å². The molecular formula is C14H23NO2. The van der Waals surface area contributed by atoms with E-state index in [1.807, 2.05) is 4.90 Å². The van der Waals surface area contributed by atoms with Crippen LogP contribution in [0.1, 0.15) is 52.4 Å². The molecule has 0 aromatic carbocycles. The van der Waals surface area contributed by atoms with E-state index in [-0.39, 0.29) is 17.7 Å². The van der Waals surface area contributed by atoms with Crippen LogP contribution in [0.4, 0.5) is 0 Å². The van der Waals surface area contributed by atoms with Gasteiger partial charge in [0, 0.05) is 24.9 Å². The van der Waals surface area contributed by atoms with Gasteiger partial charge in [0.2, 0.25) is 5.91 Å². The molecule has 2 rings (SSSR count). The molecular weight excluding hydrogens is 214 g/mol. The molecule has 0 aromatic rings. The number of rotatable bonds is 3. The van der Waals surface area contributed by atoms with E-state index < -0.39 is 0 Å². The van der Waals surface area contributed by atoms with Gasteiger partial charge in [-0.3, -0.25) is 9.59 Å². The smallest absolute Gasteiger partial charge is 0.226 e. The van der Waals surface area contributed by atoms with E-state index in [9.17, 15) is 9.59 Å². The van der Waals surface area contributed by atoms with E-state index in [1.54, 1.807) is 6.92 Å². The third-order valence-electron chi connectivity index (χ3n) is 4.11. The summed E-state index contributed by atoms with van der Waals surface area (Å²) < 4.78 is 0. The second kappa shape index (κ2) is 5.19. The molecule has 1 saturated heterocycles. The summed E-state index contributed by atoms with van der Waals surface area (Å²) in [5.41, 5.74) is 0. The average Bonchev–Trinajstić information content (AvgIpc) is 3.00. The van der Waals surface area contributed by atoms with E-state index in [4.69, 9.17) is 0 Å². The third kappa shape index (κ3) is 3.08. The van der Waals surface area contributed by atoms with Gasteiger partial charge in [0.1, 0.15) is 5.78 Å². The molecule has 0 aromatic heterocycles. The van der Waals surface area contributed by atoms with Crippen molar-refractivity contribution < 1.29 is 9.59 Å². The third-order valence-corrected chi connectivity index (χ3v) is 4.11. The van der Waals surface area contributed by atoms with Crippen molar-refractivity contribution in [3.63, 3.8) is 0 Å². The molecule has 1 aliphatic heterocycles.